The number of nitrogens with two attached hydrogens (primary N) is 1. The van der Waals surface area contributed by atoms with Gasteiger partial charge in [-0.3, -0.25) is 0 Å². The molecule has 0 unspecified atom stereocenters. The van der Waals surface area contributed by atoms with Crippen LogP contribution in [0.2, 0.25) is 0 Å². The lowest BCUT2D eigenvalue weighted by Crippen LogP contribution is -2.49. The molecule has 0 aromatic rings. The van der Waals surface area contributed by atoms with Crippen molar-refractivity contribution >= 4 is 0 Å². The Kier molecular flexibility index (Phi) is 0.596. The van der Waals surface area contributed by atoms with E-state index in [-0.39, 0.29) is 0 Å². The Hall–Kier alpha value is -0.0800. The Labute approximate surface area is 31.4 Å². The fraction of sp³-hybridized carbons (Fsp3) is 1.00. The largest absolute Gasteiger partial charge is 0.316 e. The first kappa shape index (κ1) is 3.12. The summed E-state index contributed by atoms with van der Waals surface area (Å²) >= 11 is 0. The van der Waals surface area contributed by atoms with Gasteiger partial charge in [-0.2, -0.15) is 0 Å². The molecule has 0 saturated carbocycles. The van der Waals surface area contributed by atoms with Crippen LogP contribution in [0.5, 0.6) is 0 Å². The van der Waals surface area contributed by atoms with Crippen LogP contribution in [0, 0.1) is 0 Å². The van der Waals surface area contributed by atoms with Crippen LogP contribution in [0.4, 0.5) is 0 Å². The van der Waals surface area contributed by atoms with Gasteiger partial charge in [0.2, 0.25) is 0 Å². The smallest absolute Gasteiger partial charge is 0.0558 e. The van der Waals surface area contributed by atoms with Crippen molar-refractivity contribution in [3.63, 3.8) is 0 Å². The molecule has 1 aliphatic heterocycles. The second kappa shape index (κ2) is 0.954. The summed E-state index contributed by atoms with van der Waals surface area (Å²) in [7, 11) is 0. The van der Waals surface area contributed by atoms with E-state index in [4.69, 9.17) is 5.73 Å². The molecule has 0 amide bonds. The molecule has 1 saturated heterocycles. The summed E-state index contributed by atoms with van der Waals surface area (Å²) in [4.78, 5) is 0. The quantitative estimate of drug-likeness (QED) is 0.395. The summed E-state index contributed by atoms with van der Waals surface area (Å²) < 4.78 is 0. The van der Waals surface area contributed by atoms with Crippen LogP contribution in [0.15, 0.2) is 0 Å². The fourth-order valence-corrected chi connectivity index (χ4v) is 0.311. The molecule has 5 heavy (non-hydrogen) atoms. The van der Waals surface area contributed by atoms with Crippen LogP contribution in [0.1, 0.15) is 6.42 Å². The van der Waals surface area contributed by atoms with Gasteiger partial charge < -0.3 is 11.1 Å². The van der Waals surface area contributed by atoms with E-state index >= 15 is 0 Å². The molecule has 1 rings (SSSR count). The molecule has 0 spiro atoms. The third kappa shape index (κ3) is 0.412. The Morgan fingerprint density at radius 2 is 2.20 bits per heavy atom. The molecule has 30 valence electrons. The van der Waals surface area contributed by atoms with Crippen molar-refractivity contribution in [2.24, 2.45) is 5.73 Å². The predicted octanol–water partition coefficient (Wildman–Crippen LogP) is -0.736. The summed E-state index contributed by atoms with van der Waals surface area (Å²) in [6.07, 6.45) is 1.47. The molecular formula is C3H8N2. The van der Waals surface area contributed by atoms with Gasteiger partial charge in [-0.15, -0.1) is 0 Å². The Morgan fingerprint density at radius 3 is 2.20 bits per heavy atom. The van der Waals surface area contributed by atoms with Gasteiger partial charge in [0.15, 0.2) is 0 Å². The molecule has 0 aromatic carbocycles. The zero-order chi connectivity index (χ0) is 3.70. The first-order valence-corrected chi connectivity index (χ1v) is 1.88. The highest BCUT2D eigenvalue weighted by molar-refractivity contribution is 4.69. The summed E-state index contributed by atoms with van der Waals surface area (Å²) in [5.41, 5.74) is 5.27. The SMILES string of the molecule is N[C@H]1CCN1. The van der Waals surface area contributed by atoms with Gasteiger partial charge in [-0.05, 0) is 13.0 Å². The lowest BCUT2D eigenvalue weighted by Gasteiger charge is -2.21. The van der Waals surface area contributed by atoms with Gasteiger partial charge in [-0.25, -0.2) is 0 Å². The molecule has 2 heteroatoms. The fourth-order valence-electron chi connectivity index (χ4n) is 0.311. The topological polar surface area (TPSA) is 38.0 Å². The van der Waals surface area contributed by atoms with Crippen LogP contribution in [-0.4, -0.2) is 12.7 Å². The zero-order valence-corrected chi connectivity index (χ0v) is 3.07. The predicted molar refractivity (Wildman–Crippen MR) is 20.6 cm³/mol. The number of nitrogens with one attached hydrogen (secondary N) is 1. The van der Waals surface area contributed by atoms with E-state index in [9.17, 15) is 0 Å². The molecule has 1 fully saturated rings. The third-order valence-electron chi connectivity index (χ3n) is 0.862. The monoisotopic (exact) mass is 72.1 g/mol. The normalized spacial score (nSPS) is 36.6. The van der Waals surface area contributed by atoms with E-state index in [1.165, 1.54) is 0 Å². The first-order chi connectivity index (χ1) is 2.39. The summed E-state index contributed by atoms with van der Waals surface area (Å²) in [6.45, 7) is 1.11. The van der Waals surface area contributed by atoms with E-state index in [1.807, 2.05) is 0 Å². The molecule has 1 atom stereocenters. The molecule has 0 bridgehead atoms. The van der Waals surface area contributed by atoms with Crippen molar-refractivity contribution in [2.45, 2.75) is 12.6 Å². The van der Waals surface area contributed by atoms with Gasteiger partial charge in [0.1, 0.15) is 0 Å². The highest BCUT2D eigenvalue weighted by Crippen LogP contribution is 1.90. The average molecular weight is 72.1 g/mol. The van der Waals surface area contributed by atoms with Gasteiger partial charge >= 0.3 is 0 Å². The van der Waals surface area contributed by atoms with E-state index in [0.29, 0.717) is 6.17 Å². The minimum absolute atomic E-state index is 0.315. The second-order valence-corrected chi connectivity index (χ2v) is 1.35. The molecule has 1 heterocycles. The van der Waals surface area contributed by atoms with Crippen molar-refractivity contribution < 1.29 is 0 Å². The third-order valence-corrected chi connectivity index (χ3v) is 0.862. The molecular weight excluding hydrogens is 64.0 g/mol. The summed E-state index contributed by atoms with van der Waals surface area (Å²) in [5, 5.41) is 2.99. The van der Waals surface area contributed by atoms with E-state index < -0.39 is 0 Å². The van der Waals surface area contributed by atoms with Crippen LogP contribution in [0.3, 0.4) is 0 Å². The van der Waals surface area contributed by atoms with Gasteiger partial charge in [0.25, 0.3) is 0 Å². The van der Waals surface area contributed by atoms with E-state index in [2.05, 4.69) is 5.32 Å². The van der Waals surface area contributed by atoms with Gasteiger partial charge in [-0.1, -0.05) is 0 Å². The van der Waals surface area contributed by atoms with Crippen molar-refractivity contribution in [1.82, 2.24) is 5.32 Å². The standard InChI is InChI=1S/C3H8N2/c4-3-1-2-5-3/h3,5H,1-2,4H2/t3-/m1/s1. The number of hydrogen-bond donors (Lipinski definition) is 2. The minimum atomic E-state index is 0.315. The molecule has 2 nitrogen and oxygen atoms in total. The maximum absolute atomic E-state index is 5.27. The molecule has 1 aliphatic rings. The number of rotatable bonds is 0. The Bertz CT molecular complexity index is 31.9. The summed E-state index contributed by atoms with van der Waals surface area (Å²) in [5.74, 6) is 0. The minimum Gasteiger partial charge on any atom is -0.316 e. The molecule has 0 radical (unpaired) electrons. The van der Waals surface area contributed by atoms with Crippen molar-refractivity contribution in [2.75, 3.05) is 6.54 Å². The Balaban J connectivity index is 2.08. The van der Waals surface area contributed by atoms with Gasteiger partial charge in [0.05, 0.1) is 6.17 Å². The molecule has 0 aromatic heterocycles. The van der Waals surface area contributed by atoms with Crippen molar-refractivity contribution in [3.8, 4) is 0 Å². The maximum atomic E-state index is 5.27. The lowest BCUT2D eigenvalue weighted by molar-refractivity contribution is 0.382. The average Bonchev–Trinajstić information content (AvgIpc) is 1.30. The van der Waals surface area contributed by atoms with Crippen LogP contribution in [0.25, 0.3) is 0 Å². The van der Waals surface area contributed by atoms with Crippen LogP contribution >= 0.6 is 0 Å². The van der Waals surface area contributed by atoms with Crippen molar-refractivity contribution in [1.29, 1.82) is 0 Å². The van der Waals surface area contributed by atoms with Gasteiger partial charge in [0, 0.05) is 0 Å². The molecule has 0 aliphatic carbocycles. The van der Waals surface area contributed by atoms with E-state index in [0.717, 1.165) is 13.0 Å². The highest BCUT2D eigenvalue weighted by Gasteiger charge is 2.07. The van der Waals surface area contributed by atoms with Crippen LogP contribution in [-0.2, 0) is 0 Å². The zero-order valence-electron chi connectivity index (χ0n) is 3.07. The summed E-state index contributed by atoms with van der Waals surface area (Å²) in [6, 6.07) is 0. The van der Waals surface area contributed by atoms with Crippen LogP contribution < -0.4 is 11.1 Å². The lowest BCUT2D eigenvalue weighted by atomic mass is 10.2. The second-order valence-electron chi connectivity index (χ2n) is 1.35. The van der Waals surface area contributed by atoms with E-state index in [1.54, 1.807) is 0 Å². The highest BCUT2D eigenvalue weighted by atomic mass is 15.1. The Morgan fingerprint density at radius 1 is 1.80 bits per heavy atom. The maximum Gasteiger partial charge on any atom is 0.0558 e. The number of hydrogen-bond acceptors (Lipinski definition) is 2. The van der Waals surface area contributed by atoms with Crippen molar-refractivity contribution in [3.05, 3.63) is 0 Å². The first-order valence-electron chi connectivity index (χ1n) is 1.88. The molecule has 3 N–H and O–H groups in total.